The molecule has 128 valence electrons. The molecule has 2 aromatic rings. The zero-order chi connectivity index (χ0) is 17.2. The number of nitrogens with one attached hydrogen (secondary N) is 2. The zero-order valence-electron chi connectivity index (χ0n) is 14.6. The van der Waals surface area contributed by atoms with Crippen LogP contribution >= 0.6 is 0 Å². The first kappa shape index (κ1) is 17.8. The summed E-state index contributed by atoms with van der Waals surface area (Å²) >= 11 is 0. The third kappa shape index (κ3) is 5.26. The van der Waals surface area contributed by atoms with Crippen molar-refractivity contribution >= 4 is 5.96 Å². The summed E-state index contributed by atoms with van der Waals surface area (Å²) in [6.45, 7) is 5.47. The van der Waals surface area contributed by atoms with Crippen LogP contribution < -0.4 is 15.4 Å². The van der Waals surface area contributed by atoms with Crippen molar-refractivity contribution in [2.75, 3.05) is 13.7 Å². The number of guanidine groups is 1. The van der Waals surface area contributed by atoms with E-state index < -0.39 is 0 Å². The minimum absolute atomic E-state index is 0.169. The van der Waals surface area contributed by atoms with Crippen LogP contribution in [-0.4, -0.2) is 24.6 Å². The van der Waals surface area contributed by atoms with Gasteiger partial charge in [-0.2, -0.15) is 0 Å². The number of rotatable bonds is 7. The van der Waals surface area contributed by atoms with Gasteiger partial charge in [0, 0.05) is 25.4 Å². The molecule has 0 fully saturated rings. The van der Waals surface area contributed by atoms with Crippen LogP contribution in [0.3, 0.4) is 0 Å². The molecule has 0 radical (unpaired) electrons. The third-order valence-electron chi connectivity index (χ3n) is 3.62. The van der Waals surface area contributed by atoms with Gasteiger partial charge < -0.3 is 15.4 Å². The fourth-order valence-electron chi connectivity index (χ4n) is 2.29. The maximum atomic E-state index is 5.69. The molecule has 5 heteroatoms. The van der Waals surface area contributed by atoms with Gasteiger partial charge in [-0.05, 0) is 25.0 Å². The van der Waals surface area contributed by atoms with Crippen molar-refractivity contribution in [2.24, 2.45) is 4.99 Å². The van der Waals surface area contributed by atoms with Gasteiger partial charge in [-0.3, -0.25) is 4.99 Å². The molecular formula is C19H26N4O. The van der Waals surface area contributed by atoms with Crippen molar-refractivity contribution in [3.05, 3.63) is 59.8 Å². The minimum atomic E-state index is 0.169. The smallest absolute Gasteiger partial charge is 0.218 e. The van der Waals surface area contributed by atoms with Gasteiger partial charge >= 0.3 is 0 Å². The van der Waals surface area contributed by atoms with Gasteiger partial charge in [0.15, 0.2) is 5.96 Å². The van der Waals surface area contributed by atoms with Gasteiger partial charge in [0.2, 0.25) is 5.88 Å². The fourth-order valence-corrected chi connectivity index (χ4v) is 2.29. The van der Waals surface area contributed by atoms with Crippen molar-refractivity contribution in [3.63, 3.8) is 0 Å². The summed E-state index contributed by atoms with van der Waals surface area (Å²) in [7, 11) is 1.77. The van der Waals surface area contributed by atoms with Gasteiger partial charge in [0.1, 0.15) is 0 Å². The lowest BCUT2D eigenvalue weighted by Gasteiger charge is -2.18. The van der Waals surface area contributed by atoms with E-state index in [1.165, 1.54) is 5.56 Å². The Morgan fingerprint density at radius 1 is 1.21 bits per heavy atom. The molecule has 1 atom stereocenters. The Balaban J connectivity index is 1.95. The lowest BCUT2D eigenvalue weighted by molar-refractivity contribution is 0.301. The number of benzene rings is 1. The van der Waals surface area contributed by atoms with E-state index in [1.807, 2.05) is 30.3 Å². The van der Waals surface area contributed by atoms with Crippen molar-refractivity contribution < 1.29 is 4.74 Å². The molecule has 1 unspecified atom stereocenters. The molecule has 0 saturated carbocycles. The minimum Gasteiger partial charge on any atom is -0.477 e. The van der Waals surface area contributed by atoms with Gasteiger partial charge in [0.25, 0.3) is 0 Å². The summed E-state index contributed by atoms with van der Waals surface area (Å²) in [6.07, 6.45) is 2.71. The molecule has 0 aliphatic carbocycles. The highest BCUT2D eigenvalue weighted by atomic mass is 16.5. The van der Waals surface area contributed by atoms with E-state index in [1.54, 1.807) is 13.2 Å². The Morgan fingerprint density at radius 2 is 2.00 bits per heavy atom. The number of hydrogen-bond donors (Lipinski definition) is 2. The van der Waals surface area contributed by atoms with E-state index in [9.17, 15) is 0 Å². The predicted molar refractivity (Wildman–Crippen MR) is 98.2 cm³/mol. The molecule has 1 aromatic heterocycles. The SMILES string of the molecule is CCCOc1ncccc1CNC(=NC)NC(C)c1ccccc1. The van der Waals surface area contributed by atoms with E-state index in [4.69, 9.17) is 4.74 Å². The fraction of sp³-hybridized carbons (Fsp3) is 0.368. The molecule has 0 spiro atoms. The molecule has 0 amide bonds. The maximum Gasteiger partial charge on any atom is 0.218 e. The summed E-state index contributed by atoms with van der Waals surface area (Å²) < 4.78 is 5.69. The standard InChI is InChI=1S/C19H26N4O/c1-4-13-24-18-17(11-8-12-21-18)14-22-19(20-3)23-15(2)16-9-6-5-7-10-16/h5-12,15H,4,13-14H2,1-3H3,(H2,20,22,23). The van der Waals surface area contributed by atoms with Crippen LogP contribution in [0, 0.1) is 0 Å². The molecule has 2 N–H and O–H groups in total. The Labute approximate surface area is 144 Å². The molecule has 1 heterocycles. The number of hydrogen-bond acceptors (Lipinski definition) is 3. The van der Waals surface area contributed by atoms with Crippen molar-refractivity contribution in [1.29, 1.82) is 0 Å². The molecule has 0 aliphatic heterocycles. The van der Waals surface area contributed by atoms with Crippen LogP contribution in [0.5, 0.6) is 5.88 Å². The second-order valence-corrected chi connectivity index (χ2v) is 5.52. The second kappa shape index (κ2) is 9.55. The van der Waals surface area contributed by atoms with Gasteiger partial charge in [-0.25, -0.2) is 4.98 Å². The Morgan fingerprint density at radius 3 is 2.71 bits per heavy atom. The van der Waals surface area contributed by atoms with Crippen LogP contribution in [0.4, 0.5) is 0 Å². The van der Waals surface area contributed by atoms with Crippen LogP contribution in [0.25, 0.3) is 0 Å². The van der Waals surface area contributed by atoms with Crippen LogP contribution in [0.15, 0.2) is 53.7 Å². The van der Waals surface area contributed by atoms with Crippen LogP contribution in [0.1, 0.15) is 37.4 Å². The van der Waals surface area contributed by atoms with E-state index in [-0.39, 0.29) is 6.04 Å². The second-order valence-electron chi connectivity index (χ2n) is 5.52. The van der Waals surface area contributed by atoms with Gasteiger partial charge in [0.05, 0.1) is 12.6 Å². The summed E-state index contributed by atoms with van der Waals surface area (Å²) in [5.74, 6) is 1.43. The number of aliphatic imine (C=N–C) groups is 1. The predicted octanol–water partition coefficient (Wildman–Crippen LogP) is 3.30. The Kier molecular flexibility index (Phi) is 7.08. The summed E-state index contributed by atoms with van der Waals surface area (Å²) in [5.41, 5.74) is 2.23. The van der Waals surface area contributed by atoms with Crippen molar-refractivity contribution in [2.45, 2.75) is 32.9 Å². The van der Waals surface area contributed by atoms with Gasteiger partial charge in [-0.15, -0.1) is 0 Å². The van der Waals surface area contributed by atoms with E-state index in [0.717, 1.165) is 17.9 Å². The first-order chi connectivity index (χ1) is 11.7. The zero-order valence-corrected chi connectivity index (χ0v) is 14.6. The maximum absolute atomic E-state index is 5.69. The molecule has 2 rings (SSSR count). The van der Waals surface area contributed by atoms with Crippen molar-refractivity contribution in [1.82, 2.24) is 15.6 Å². The number of pyridine rings is 1. The number of aromatic nitrogens is 1. The van der Waals surface area contributed by atoms with E-state index >= 15 is 0 Å². The first-order valence-electron chi connectivity index (χ1n) is 8.33. The van der Waals surface area contributed by atoms with Crippen molar-refractivity contribution in [3.8, 4) is 5.88 Å². The summed E-state index contributed by atoms with van der Waals surface area (Å²) in [6, 6.07) is 14.4. The highest BCUT2D eigenvalue weighted by Crippen LogP contribution is 2.14. The lowest BCUT2D eigenvalue weighted by Crippen LogP contribution is -2.38. The third-order valence-corrected chi connectivity index (χ3v) is 3.62. The highest BCUT2D eigenvalue weighted by Gasteiger charge is 2.09. The van der Waals surface area contributed by atoms with Gasteiger partial charge in [-0.1, -0.05) is 43.3 Å². The lowest BCUT2D eigenvalue weighted by atomic mass is 10.1. The molecule has 24 heavy (non-hydrogen) atoms. The van der Waals surface area contributed by atoms with E-state index in [0.29, 0.717) is 19.0 Å². The van der Waals surface area contributed by atoms with E-state index in [2.05, 4.69) is 46.6 Å². The largest absolute Gasteiger partial charge is 0.477 e. The molecule has 1 aromatic carbocycles. The average Bonchev–Trinajstić information content (AvgIpc) is 2.64. The topological polar surface area (TPSA) is 58.5 Å². The quantitative estimate of drug-likeness (QED) is 0.605. The normalized spacial score (nSPS) is 12.5. The van der Waals surface area contributed by atoms with Crippen LogP contribution in [-0.2, 0) is 6.54 Å². The monoisotopic (exact) mass is 326 g/mol. The summed E-state index contributed by atoms with van der Waals surface area (Å²) in [4.78, 5) is 8.60. The molecule has 0 bridgehead atoms. The molecule has 5 nitrogen and oxygen atoms in total. The number of nitrogens with zero attached hydrogens (tertiary/aromatic N) is 2. The average molecular weight is 326 g/mol. The first-order valence-corrected chi connectivity index (χ1v) is 8.33. The molecule has 0 aliphatic rings. The Hall–Kier alpha value is -2.56. The highest BCUT2D eigenvalue weighted by molar-refractivity contribution is 5.80. The molecular weight excluding hydrogens is 300 g/mol. The Bertz CT molecular complexity index is 643. The summed E-state index contributed by atoms with van der Waals surface area (Å²) in [5, 5.41) is 6.72. The van der Waals surface area contributed by atoms with Crippen LogP contribution in [0.2, 0.25) is 0 Å². The molecule has 0 saturated heterocycles. The number of ether oxygens (including phenoxy) is 1.